The van der Waals surface area contributed by atoms with Gasteiger partial charge in [-0.3, -0.25) is 9.69 Å². The van der Waals surface area contributed by atoms with Gasteiger partial charge >= 0.3 is 5.97 Å². The van der Waals surface area contributed by atoms with Crippen molar-refractivity contribution in [3.63, 3.8) is 0 Å². The number of hydrogen-bond donors (Lipinski definition) is 0. The summed E-state index contributed by atoms with van der Waals surface area (Å²) in [7, 11) is 1.55. The summed E-state index contributed by atoms with van der Waals surface area (Å²) in [5.41, 5.74) is 4.32. The van der Waals surface area contributed by atoms with Gasteiger partial charge in [0.15, 0.2) is 0 Å². The van der Waals surface area contributed by atoms with Crippen LogP contribution >= 0.6 is 0 Å². The lowest BCUT2D eigenvalue weighted by molar-refractivity contribution is -0.155. The summed E-state index contributed by atoms with van der Waals surface area (Å²) in [4.78, 5) is 16.3. The maximum absolute atomic E-state index is 13.9. The number of rotatable bonds is 5. The van der Waals surface area contributed by atoms with Crippen molar-refractivity contribution < 1.29 is 9.53 Å². The number of carbonyl (C=O) groups is 1. The maximum atomic E-state index is 13.9. The van der Waals surface area contributed by atoms with Gasteiger partial charge in [0.1, 0.15) is 0 Å². The van der Waals surface area contributed by atoms with E-state index in [1.165, 1.54) is 33.0 Å². The molecule has 6 rings (SSSR count). The zero-order chi connectivity index (χ0) is 24.5. The van der Waals surface area contributed by atoms with E-state index < -0.39 is 5.41 Å². The molecular formula is C33H31NO2. The first-order chi connectivity index (χ1) is 17.7. The predicted octanol–water partition coefficient (Wildman–Crippen LogP) is 6.70. The number of fused-ring (bicyclic) bond motifs is 2. The highest BCUT2D eigenvalue weighted by Gasteiger charge is 2.60. The maximum Gasteiger partial charge on any atom is 0.314 e. The molecule has 1 heterocycles. The van der Waals surface area contributed by atoms with E-state index in [1.807, 2.05) is 6.07 Å². The van der Waals surface area contributed by atoms with Gasteiger partial charge in [0.25, 0.3) is 0 Å². The molecule has 0 amide bonds. The van der Waals surface area contributed by atoms with Gasteiger partial charge in [0.2, 0.25) is 0 Å². The van der Waals surface area contributed by atoms with Gasteiger partial charge in [-0.25, -0.2) is 0 Å². The average Bonchev–Trinajstić information content (AvgIpc) is 3.32. The first-order valence-electron chi connectivity index (χ1n) is 12.8. The molecule has 0 spiro atoms. The minimum atomic E-state index is -0.638. The Morgan fingerprint density at radius 1 is 0.861 bits per heavy atom. The van der Waals surface area contributed by atoms with Crippen LogP contribution in [0.2, 0.25) is 0 Å². The standard InChI is InChI=1S/C33H31NO2/c1-36-32(35)33-23-34(21-24-10-4-2-5-11-24)22-31(33)29(18-19-30(33)26-13-6-3-7-14-26)28-17-16-25-12-8-9-15-27(25)20-28/h2-18,20,30-31H,19,21-23H2,1H3. The molecule has 3 nitrogen and oxygen atoms in total. The van der Waals surface area contributed by atoms with E-state index in [0.717, 1.165) is 19.5 Å². The molecule has 180 valence electrons. The molecule has 3 atom stereocenters. The van der Waals surface area contributed by atoms with Crippen LogP contribution < -0.4 is 0 Å². The van der Waals surface area contributed by atoms with Crippen molar-refractivity contribution in [3.05, 3.63) is 126 Å². The third kappa shape index (κ3) is 3.84. The SMILES string of the molecule is COC(=O)C12CN(Cc3ccccc3)CC1C(c1ccc3ccccc3c1)=CCC2c1ccccc1. The molecule has 0 radical (unpaired) electrons. The number of likely N-dealkylation sites (tertiary alicyclic amines) is 1. The second-order valence-corrected chi connectivity index (χ2v) is 10.2. The number of ether oxygens (including phenoxy) is 1. The van der Waals surface area contributed by atoms with Crippen molar-refractivity contribution in [1.82, 2.24) is 4.90 Å². The van der Waals surface area contributed by atoms with Gasteiger partial charge in [0.05, 0.1) is 12.5 Å². The number of methoxy groups -OCH3 is 1. The summed E-state index contributed by atoms with van der Waals surface area (Å²) in [5, 5.41) is 2.46. The van der Waals surface area contributed by atoms with Crippen LogP contribution in [-0.4, -0.2) is 31.1 Å². The smallest absolute Gasteiger partial charge is 0.314 e. The fraction of sp³-hybridized carbons (Fsp3) is 0.242. The molecule has 4 aromatic carbocycles. The van der Waals surface area contributed by atoms with Crippen molar-refractivity contribution in [3.8, 4) is 0 Å². The van der Waals surface area contributed by atoms with E-state index in [9.17, 15) is 4.79 Å². The van der Waals surface area contributed by atoms with E-state index in [-0.39, 0.29) is 17.8 Å². The Morgan fingerprint density at radius 3 is 2.31 bits per heavy atom. The molecule has 1 saturated heterocycles. The molecule has 0 bridgehead atoms. The fourth-order valence-corrected chi connectivity index (χ4v) is 6.60. The number of nitrogens with zero attached hydrogens (tertiary/aromatic N) is 1. The molecule has 1 aliphatic heterocycles. The Labute approximate surface area is 213 Å². The fourth-order valence-electron chi connectivity index (χ4n) is 6.60. The van der Waals surface area contributed by atoms with E-state index in [0.29, 0.717) is 6.54 Å². The number of carbonyl (C=O) groups excluding carboxylic acids is 1. The Hall–Kier alpha value is -3.69. The Balaban J connectivity index is 1.47. The molecule has 36 heavy (non-hydrogen) atoms. The van der Waals surface area contributed by atoms with E-state index >= 15 is 0 Å². The van der Waals surface area contributed by atoms with Gasteiger partial charge < -0.3 is 4.74 Å². The van der Waals surface area contributed by atoms with Gasteiger partial charge in [-0.15, -0.1) is 0 Å². The van der Waals surface area contributed by atoms with Crippen LogP contribution in [0.5, 0.6) is 0 Å². The molecule has 0 aromatic heterocycles. The van der Waals surface area contributed by atoms with Crippen molar-refractivity contribution in [2.45, 2.75) is 18.9 Å². The van der Waals surface area contributed by atoms with E-state index in [2.05, 4.69) is 108 Å². The Kier molecular flexibility index (Phi) is 5.94. The zero-order valence-electron chi connectivity index (χ0n) is 20.6. The topological polar surface area (TPSA) is 29.5 Å². The summed E-state index contributed by atoms with van der Waals surface area (Å²) in [5.74, 6) is 0.0261. The molecule has 4 aromatic rings. The number of allylic oxidation sites excluding steroid dienone is 1. The first-order valence-corrected chi connectivity index (χ1v) is 12.8. The molecule has 1 aliphatic carbocycles. The monoisotopic (exact) mass is 473 g/mol. The first kappa shape index (κ1) is 22.8. The number of benzene rings is 4. The molecular weight excluding hydrogens is 442 g/mol. The van der Waals surface area contributed by atoms with E-state index in [1.54, 1.807) is 7.11 Å². The van der Waals surface area contributed by atoms with Crippen molar-refractivity contribution >= 4 is 22.3 Å². The van der Waals surface area contributed by atoms with Crippen LogP contribution in [0.25, 0.3) is 16.3 Å². The number of esters is 1. The second-order valence-electron chi connectivity index (χ2n) is 10.2. The van der Waals surface area contributed by atoms with Gasteiger partial charge in [-0.1, -0.05) is 103 Å². The second kappa shape index (κ2) is 9.40. The lowest BCUT2D eigenvalue weighted by atomic mass is 9.59. The zero-order valence-corrected chi connectivity index (χ0v) is 20.6. The van der Waals surface area contributed by atoms with Gasteiger partial charge in [-0.05, 0) is 45.5 Å². The van der Waals surface area contributed by atoms with Crippen LogP contribution in [0.4, 0.5) is 0 Å². The molecule has 3 heteroatoms. The Morgan fingerprint density at radius 2 is 1.56 bits per heavy atom. The summed E-state index contributed by atoms with van der Waals surface area (Å²) < 4.78 is 5.61. The van der Waals surface area contributed by atoms with Gasteiger partial charge in [-0.2, -0.15) is 0 Å². The normalized spacial score (nSPS) is 23.8. The summed E-state index contributed by atoms with van der Waals surface area (Å²) >= 11 is 0. The molecule has 2 aliphatic rings. The third-order valence-electron chi connectivity index (χ3n) is 8.22. The Bertz CT molecular complexity index is 1410. The lowest BCUT2D eigenvalue weighted by Crippen LogP contribution is -2.47. The van der Waals surface area contributed by atoms with Crippen molar-refractivity contribution in [2.24, 2.45) is 11.3 Å². The van der Waals surface area contributed by atoms with Crippen molar-refractivity contribution in [2.75, 3.05) is 20.2 Å². The lowest BCUT2D eigenvalue weighted by Gasteiger charge is -2.43. The highest BCUT2D eigenvalue weighted by atomic mass is 16.5. The summed E-state index contributed by atoms with van der Waals surface area (Å²) in [6.45, 7) is 2.33. The third-order valence-corrected chi connectivity index (χ3v) is 8.22. The van der Waals surface area contributed by atoms with Crippen LogP contribution in [-0.2, 0) is 16.1 Å². The average molecular weight is 474 g/mol. The highest BCUT2D eigenvalue weighted by Crippen LogP contribution is 2.57. The van der Waals surface area contributed by atoms with Crippen molar-refractivity contribution in [1.29, 1.82) is 0 Å². The summed E-state index contributed by atoms with van der Waals surface area (Å²) in [6, 6.07) is 36.3. The largest absolute Gasteiger partial charge is 0.469 e. The van der Waals surface area contributed by atoms with Crippen LogP contribution in [0.15, 0.2) is 109 Å². The van der Waals surface area contributed by atoms with E-state index in [4.69, 9.17) is 4.74 Å². The number of hydrogen-bond acceptors (Lipinski definition) is 3. The minimum Gasteiger partial charge on any atom is -0.469 e. The minimum absolute atomic E-state index is 0.0498. The van der Waals surface area contributed by atoms with Crippen LogP contribution in [0, 0.1) is 11.3 Å². The molecule has 3 unspecified atom stereocenters. The van der Waals surface area contributed by atoms with Gasteiger partial charge in [0, 0.05) is 31.5 Å². The molecule has 0 saturated carbocycles. The highest BCUT2D eigenvalue weighted by molar-refractivity contribution is 5.90. The predicted molar refractivity (Wildman–Crippen MR) is 145 cm³/mol. The molecule has 0 N–H and O–H groups in total. The van der Waals surface area contributed by atoms with Crippen LogP contribution in [0.3, 0.4) is 0 Å². The summed E-state index contributed by atoms with van der Waals surface area (Å²) in [6.07, 6.45) is 3.20. The quantitative estimate of drug-likeness (QED) is 0.302. The van der Waals surface area contributed by atoms with Crippen LogP contribution in [0.1, 0.15) is 29.0 Å². The molecule has 1 fully saturated rings.